The third-order valence-electron chi connectivity index (χ3n) is 4.79. The Balaban J connectivity index is 1.73. The van der Waals surface area contributed by atoms with Crippen molar-refractivity contribution in [2.75, 3.05) is 0 Å². The first kappa shape index (κ1) is 15.9. The summed E-state index contributed by atoms with van der Waals surface area (Å²) in [7, 11) is 0. The smallest absolute Gasteiger partial charge is 0.292 e. The van der Waals surface area contributed by atoms with E-state index < -0.39 is 11.7 Å². The van der Waals surface area contributed by atoms with Crippen molar-refractivity contribution in [3.8, 4) is 0 Å². The van der Waals surface area contributed by atoms with Crippen molar-refractivity contribution in [3.63, 3.8) is 0 Å². The first-order valence-corrected chi connectivity index (χ1v) is 8.49. The summed E-state index contributed by atoms with van der Waals surface area (Å²) in [6.45, 7) is 0. The van der Waals surface area contributed by atoms with Crippen molar-refractivity contribution in [1.29, 1.82) is 0 Å². The molecular weight excluding hydrogens is 349 g/mol. The molecule has 5 rings (SSSR count). The van der Waals surface area contributed by atoms with Crippen molar-refractivity contribution in [3.05, 3.63) is 83.6 Å². The molecule has 0 aliphatic heterocycles. The lowest BCUT2D eigenvalue weighted by Gasteiger charge is -2.06. The van der Waals surface area contributed by atoms with Gasteiger partial charge in [-0.2, -0.15) is 13.2 Å². The number of imidazole rings is 1. The summed E-state index contributed by atoms with van der Waals surface area (Å²) in [5.74, 6) is 0. The van der Waals surface area contributed by atoms with Gasteiger partial charge in [0.25, 0.3) is 0 Å². The van der Waals surface area contributed by atoms with Crippen LogP contribution in [0.3, 0.4) is 0 Å². The normalized spacial score (nSPS) is 12.9. The number of aromatic nitrogens is 2. The maximum absolute atomic E-state index is 13.1. The van der Waals surface area contributed by atoms with Crippen LogP contribution in [0.4, 0.5) is 13.2 Å². The zero-order chi connectivity index (χ0) is 18.6. The molecule has 0 radical (unpaired) electrons. The maximum atomic E-state index is 13.1. The standard InChI is InChI=1S/C22H13F3N2/c23-22(24,25)15-10-11-16-17(13-15)19-7-4-8-20-18(26-21(16)27(19)20)12-9-14-5-2-1-3-6-14/h1-13H/b12-9+. The molecule has 0 spiro atoms. The van der Waals surface area contributed by atoms with Crippen LogP contribution >= 0.6 is 0 Å². The molecule has 2 aromatic carbocycles. The Bertz CT molecular complexity index is 1300. The quantitative estimate of drug-likeness (QED) is 0.362. The Morgan fingerprint density at radius 2 is 1.56 bits per heavy atom. The molecule has 5 aromatic rings. The van der Waals surface area contributed by atoms with Gasteiger partial charge in [-0.05, 0) is 42.0 Å². The van der Waals surface area contributed by atoms with E-state index in [-0.39, 0.29) is 0 Å². The molecule has 0 atom stereocenters. The largest absolute Gasteiger partial charge is 0.416 e. The number of benzene rings is 2. The summed E-state index contributed by atoms with van der Waals surface area (Å²) < 4.78 is 41.2. The van der Waals surface area contributed by atoms with Crippen molar-refractivity contribution < 1.29 is 13.2 Å². The fourth-order valence-corrected chi connectivity index (χ4v) is 3.54. The van der Waals surface area contributed by atoms with Crippen LogP contribution in [0.1, 0.15) is 16.8 Å². The SMILES string of the molecule is FC(F)(F)c1ccc2c(c1)c1cccc3c(/C=C/c4ccccc4)nc2n31. The Kier molecular flexibility index (Phi) is 3.28. The minimum Gasteiger partial charge on any atom is -0.292 e. The second-order valence-corrected chi connectivity index (χ2v) is 6.45. The highest BCUT2D eigenvalue weighted by atomic mass is 19.4. The lowest BCUT2D eigenvalue weighted by molar-refractivity contribution is -0.137. The molecule has 2 nitrogen and oxygen atoms in total. The van der Waals surface area contributed by atoms with Crippen LogP contribution in [-0.2, 0) is 6.18 Å². The number of hydrogen-bond acceptors (Lipinski definition) is 1. The minimum absolute atomic E-state index is 0.566. The molecule has 3 heterocycles. The average Bonchev–Trinajstić information content (AvgIpc) is 3.19. The second kappa shape index (κ2) is 5.58. The van der Waals surface area contributed by atoms with E-state index in [4.69, 9.17) is 4.98 Å². The minimum atomic E-state index is -4.36. The average molecular weight is 362 g/mol. The highest BCUT2D eigenvalue weighted by Crippen LogP contribution is 2.36. The van der Waals surface area contributed by atoms with E-state index in [0.29, 0.717) is 11.0 Å². The molecular formula is C22H13F3N2. The molecule has 0 N–H and O–H groups in total. The van der Waals surface area contributed by atoms with Crippen LogP contribution in [0.25, 0.3) is 39.6 Å². The highest BCUT2D eigenvalue weighted by molar-refractivity contribution is 6.09. The van der Waals surface area contributed by atoms with Gasteiger partial charge < -0.3 is 0 Å². The van der Waals surface area contributed by atoms with Crippen LogP contribution in [0.2, 0.25) is 0 Å². The predicted molar refractivity (Wildman–Crippen MR) is 102 cm³/mol. The monoisotopic (exact) mass is 362 g/mol. The van der Waals surface area contributed by atoms with Gasteiger partial charge in [-0.25, -0.2) is 4.98 Å². The van der Waals surface area contributed by atoms with E-state index >= 15 is 0 Å². The molecule has 0 fully saturated rings. The summed E-state index contributed by atoms with van der Waals surface area (Å²) in [6, 6.07) is 19.3. The van der Waals surface area contributed by atoms with E-state index in [9.17, 15) is 13.2 Å². The van der Waals surface area contributed by atoms with Crippen molar-refractivity contribution in [2.45, 2.75) is 6.18 Å². The first-order chi connectivity index (χ1) is 13.0. The van der Waals surface area contributed by atoms with E-state index in [1.807, 2.05) is 65.1 Å². The van der Waals surface area contributed by atoms with Gasteiger partial charge in [0.15, 0.2) is 0 Å². The molecule has 0 saturated carbocycles. The van der Waals surface area contributed by atoms with E-state index in [1.54, 1.807) is 0 Å². The van der Waals surface area contributed by atoms with Gasteiger partial charge >= 0.3 is 6.18 Å². The lowest BCUT2D eigenvalue weighted by Crippen LogP contribution is -2.03. The van der Waals surface area contributed by atoms with Crippen LogP contribution < -0.4 is 0 Å². The summed E-state index contributed by atoms with van der Waals surface area (Å²) in [6.07, 6.45) is -0.446. The van der Waals surface area contributed by atoms with Crippen LogP contribution in [0.5, 0.6) is 0 Å². The zero-order valence-electron chi connectivity index (χ0n) is 14.0. The van der Waals surface area contributed by atoms with Gasteiger partial charge in [0.2, 0.25) is 0 Å². The molecule has 27 heavy (non-hydrogen) atoms. The molecule has 5 heteroatoms. The number of nitrogens with zero attached hydrogens (tertiary/aromatic N) is 2. The van der Waals surface area contributed by atoms with Gasteiger partial charge in [0, 0.05) is 10.8 Å². The third-order valence-corrected chi connectivity index (χ3v) is 4.79. The zero-order valence-corrected chi connectivity index (χ0v) is 14.0. The molecule has 0 saturated heterocycles. The number of pyridine rings is 1. The molecule has 0 bridgehead atoms. The van der Waals surface area contributed by atoms with Crippen LogP contribution in [-0.4, -0.2) is 9.38 Å². The van der Waals surface area contributed by atoms with Crippen molar-refractivity contribution >= 4 is 39.6 Å². The molecule has 0 aliphatic rings. The topological polar surface area (TPSA) is 17.3 Å². The van der Waals surface area contributed by atoms with Gasteiger partial charge in [-0.3, -0.25) is 4.40 Å². The van der Waals surface area contributed by atoms with Gasteiger partial charge in [0.05, 0.1) is 22.3 Å². The fourth-order valence-electron chi connectivity index (χ4n) is 3.54. The maximum Gasteiger partial charge on any atom is 0.416 e. The van der Waals surface area contributed by atoms with E-state index in [2.05, 4.69) is 0 Å². The lowest BCUT2D eigenvalue weighted by atomic mass is 10.1. The molecule has 3 aromatic heterocycles. The third kappa shape index (κ3) is 2.46. The Hall–Kier alpha value is -3.34. The Morgan fingerprint density at radius 1 is 0.778 bits per heavy atom. The first-order valence-electron chi connectivity index (χ1n) is 8.49. The van der Waals surface area contributed by atoms with E-state index in [1.165, 1.54) is 12.1 Å². The number of fused-ring (bicyclic) bond motifs is 3. The predicted octanol–water partition coefficient (Wildman–Crippen LogP) is 6.27. The van der Waals surface area contributed by atoms with Gasteiger partial charge in [-0.15, -0.1) is 0 Å². The van der Waals surface area contributed by atoms with Gasteiger partial charge in [-0.1, -0.05) is 42.5 Å². The van der Waals surface area contributed by atoms with Crippen LogP contribution in [0, 0.1) is 0 Å². The second-order valence-electron chi connectivity index (χ2n) is 6.45. The summed E-state index contributed by atoms with van der Waals surface area (Å²) >= 11 is 0. The number of rotatable bonds is 2. The Labute approximate surface area is 152 Å². The highest BCUT2D eigenvalue weighted by Gasteiger charge is 2.31. The van der Waals surface area contributed by atoms with Crippen LogP contribution in [0.15, 0.2) is 66.7 Å². The number of hydrogen-bond donors (Lipinski definition) is 0. The fraction of sp³-hybridized carbons (Fsp3) is 0.0455. The molecule has 0 aliphatic carbocycles. The van der Waals surface area contributed by atoms with Gasteiger partial charge in [0.1, 0.15) is 5.65 Å². The van der Waals surface area contributed by atoms with Crippen molar-refractivity contribution in [2.24, 2.45) is 0 Å². The summed E-state index contributed by atoms with van der Waals surface area (Å²) in [5.41, 5.74) is 3.49. The summed E-state index contributed by atoms with van der Waals surface area (Å²) in [5, 5.41) is 1.29. The Morgan fingerprint density at radius 3 is 2.33 bits per heavy atom. The molecule has 132 valence electrons. The summed E-state index contributed by atoms with van der Waals surface area (Å²) in [4.78, 5) is 4.70. The molecule has 0 amide bonds. The number of alkyl halides is 3. The van der Waals surface area contributed by atoms with E-state index in [0.717, 1.165) is 33.7 Å². The van der Waals surface area contributed by atoms with Crippen molar-refractivity contribution in [1.82, 2.24) is 9.38 Å². The molecule has 0 unspecified atom stereocenters. The number of halogens is 3.